The van der Waals surface area contributed by atoms with Gasteiger partial charge in [0.1, 0.15) is 5.03 Å². The minimum atomic E-state index is -0.164. The number of aryl methyl sites for hydroxylation is 1. The van der Waals surface area contributed by atoms with Gasteiger partial charge < -0.3 is 10.6 Å². The zero-order chi connectivity index (χ0) is 19.2. The SMILES string of the molecule is CCNC(=O)c1cccc(NC(=O)CSc2nc3ccccc3nc2C)c1. The fourth-order valence-electron chi connectivity index (χ4n) is 2.54. The third-order valence-corrected chi connectivity index (χ3v) is 4.85. The molecule has 138 valence electrons. The minimum absolute atomic E-state index is 0.162. The number of hydrogen-bond acceptors (Lipinski definition) is 5. The fourth-order valence-corrected chi connectivity index (χ4v) is 3.30. The second-order valence-corrected chi connectivity index (χ2v) is 6.84. The average molecular weight is 380 g/mol. The molecule has 0 aliphatic heterocycles. The van der Waals surface area contributed by atoms with Crippen LogP contribution in [0.5, 0.6) is 0 Å². The standard InChI is InChI=1S/C20H20N4O2S/c1-3-21-19(26)14-7-6-8-15(11-14)23-18(25)12-27-20-13(2)22-16-9-4-5-10-17(16)24-20/h4-11H,3,12H2,1-2H3,(H,21,26)(H,23,25). The summed E-state index contributed by atoms with van der Waals surface area (Å²) in [6.07, 6.45) is 0. The first-order valence-electron chi connectivity index (χ1n) is 8.61. The van der Waals surface area contributed by atoms with Gasteiger partial charge in [-0.1, -0.05) is 30.0 Å². The van der Waals surface area contributed by atoms with E-state index in [2.05, 4.69) is 20.6 Å². The number of rotatable bonds is 6. The van der Waals surface area contributed by atoms with Crippen LogP contribution in [0.15, 0.2) is 53.6 Å². The molecule has 0 aliphatic rings. The molecular formula is C20H20N4O2S. The second kappa shape index (κ2) is 8.64. The molecule has 0 spiro atoms. The summed E-state index contributed by atoms with van der Waals surface area (Å²) >= 11 is 1.34. The van der Waals surface area contributed by atoms with Crippen LogP contribution in [0.25, 0.3) is 11.0 Å². The summed E-state index contributed by atoms with van der Waals surface area (Å²) in [5.41, 5.74) is 3.54. The monoisotopic (exact) mass is 380 g/mol. The van der Waals surface area contributed by atoms with Gasteiger partial charge in [0, 0.05) is 17.8 Å². The van der Waals surface area contributed by atoms with Gasteiger partial charge in [-0.2, -0.15) is 0 Å². The number of thioether (sulfide) groups is 1. The van der Waals surface area contributed by atoms with E-state index in [1.54, 1.807) is 24.3 Å². The molecule has 3 aromatic rings. The van der Waals surface area contributed by atoms with Gasteiger partial charge >= 0.3 is 0 Å². The van der Waals surface area contributed by atoms with Crippen LogP contribution in [0.1, 0.15) is 23.0 Å². The largest absolute Gasteiger partial charge is 0.352 e. The van der Waals surface area contributed by atoms with Crippen LogP contribution in [0.2, 0.25) is 0 Å². The van der Waals surface area contributed by atoms with Crippen molar-refractivity contribution in [1.29, 1.82) is 0 Å². The van der Waals surface area contributed by atoms with E-state index in [9.17, 15) is 9.59 Å². The quantitative estimate of drug-likeness (QED) is 0.640. The van der Waals surface area contributed by atoms with E-state index in [-0.39, 0.29) is 17.6 Å². The zero-order valence-electron chi connectivity index (χ0n) is 15.2. The van der Waals surface area contributed by atoms with E-state index >= 15 is 0 Å². The van der Waals surface area contributed by atoms with E-state index < -0.39 is 0 Å². The maximum absolute atomic E-state index is 12.3. The van der Waals surface area contributed by atoms with Gasteiger partial charge in [-0.05, 0) is 44.2 Å². The molecule has 2 aromatic carbocycles. The van der Waals surface area contributed by atoms with E-state index in [1.165, 1.54) is 11.8 Å². The number of nitrogens with zero attached hydrogens (tertiary/aromatic N) is 2. The summed E-state index contributed by atoms with van der Waals surface area (Å²) in [6.45, 7) is 4.30. The molecule has 0 atom stereocenters. The number of hydrogen-bond donors (Lipinski definition) is 2. The van der Waals surface area contributed by atoms with E-state index in [1.807, 2.05) is 38.1 Å². The van der Waals surface area contributed by atoms with Crippen LogP contribution >= 0.6 is 11.8 Å². The maximum Gasteiger partial charge on any atom is 0.251 e. The molecule has 27 heavy (non-hydrogen) atoms. The van der Waals surface area contributed by atoms with Gasteiger partial charge in [0.2, 0.25) is 5.91 Å². The molecule has 2 N–H and O–H groups in total. The molecule has 1 aromatic heterocycles. The van der Waals surface area contributed by atoms with Crippen LogP contribution in [-0.4, -0.2) is 34.1 Å². The molecule has 7 heteroatoms. The lowest BCUT2D eigenvalue weighted by Crippen LogP contribution is -2.23. The minimum Gasteiger partial charge on any atom is -0.352 e. The molecular weight excluding hydrogens is 360 g/mol. The highest BCUT2D eigenvalue weighted by molar-refractivity contribution is 8.00. The number of aromatic nitrogens is 2. The van der Waals surface area contributed by atoms with E-state index in [4.69, 9.17) is 0 Å². The number of amides is 2. The summed E-state index contributed by atoms with van der Waals surface area (Å²) < 4.78 is 0. The van der Waals surface area contributed by atoms with Crippen LogP contribution in [0, 0.1) is 6.92 Å². The van der Waals surface area contributed by atoms with Crippen LogP contribution < -0.4 is 10.6 Å². The molecule has 1 heterocycles. The number of nitrogens with one attached hydrogen (secondary N) is 2. The topological polar surface area (TPSA) is 84.0 Å². The van der Waals surface area contributed by atoms with Crippen molar-refractivity contribution in [2.24, 2.45) is 0 Å². The molecule has 0 saturated heterocycles. The van der Waals surface area contributed by atoms with Gasteiger partial charge in [0.05, 0.1) is 22.5 Å². The lowest BCUT2D eigenvalue weighted by atomic mass is 10.2. The van der Waals surface area contributed by atoms with Gasteiger partial charge in [-0.25, -0.2) is 9.97 Å². The number of benzene rings is 2. The predicted octanol–water partition coefficient (Wildman–Crippen LogP) is 3.42. The Hall–Kier alpha value is -2.93. The first kappa shape index (κ1) is 18.8. The molecule has 3 rings (SSSR count). The van der Waals surface area contributed by atoms with Crippen LogP contribution in [0.4, 0.5) is 5.69 Å². The number of carbonyl (C=O) groups excluding carboxylic acids is 2. The van der Waals surface area contributed by atoms with Gasteiger partial charge in [0.25, 0.3) is 5.91 Å². The molecule has 2 amide bonds. The fraction of sp³-hybridized carbons (Fsp3) is 0.200. The highest BCUT2D eigenvalue weighted by atomic mass is 32.2. The van der Waals surface area contributed by atoms with Crippen molar-refractivity contribution < 1.29 is 9.59 Å². The Morgan fingerprint density at radius 2 is 1.78 bits per heavy atom. The Morgan fingerprint density at radius 3 is 2.52 bits per heavy atom. The van der Waals surface area contributed by atoms with E-state index in [0.29, 0.717) is 17.8 Å². The number of anilines is 1. The molecule has 0 bridgehead atoms. The van der Waals surface area contributed by atoms with Gasteiger partial charge in [-0.3, -0.25) is 9.59 Å². The van der Waals surface area contributed by atoms with Crippen molar-refractivity contribution in [3.05, 3.63) is 59.8 Å². The summed E-state index contributed by atoms with van der Waals surface area (Å²) in [5, 5.41) is 6.29. The third-order valence-electron chi connectivity index (χ3n) is 3.79. The average Bonchev–Trinajstić information content (AvgIpc) is 2.66. The molecule has 0 radical (unpaired) electrons. The Morgan fingerprint density at radius 1 is 1.04 bits per heavy atom. The normalized spacial score (nSPS) is 10.6. The maximum atomic E-state index is 12.3. The Balaban J connectivity index is 1.64. The van der Waals surface area contributed by atoms with Crippen molar-refractivity contribution in [2.45, 2.75) is 18.9 Å². The Bertz CT molecular complexity index is 991. The highest BCUT2D eigenvalue weighted by Gasteiger charge is 2.10. The summed E-state index contributed by atoms with van der Waals surface area (Å²) in [7, 11) is 0. The van der Waals surface area contributed by atoms with Crippen LogP contribution in [-0.2, 0) is 4.79 Å². The first-order chi connectivity index (χ1) is 13.1. The molecule has 0 fully saturated rings. The van der Waals surface area contributed by atoms with Crippen LogP contribution in [0.3, 0.4) is 0 Å². The lowest BCUT2D eigenvalue weighted by Gasteiger charge is -2.08. The molecule has 0 aliphatic carbocycles. The van der Waals surface area contributed by atoms with Crippen molar-refractivity contribution >= 4 is 40.3 Å². The predicted molar refractivity (Wildman–Crippen MR) is 108 cm³/mol. The Kier molecular flexibility index (Phi) is 6.03. The summed E-state index contributed by atoms with van der Waals surface area (Å²) in [6, 6.07) is 14.5. The summed E-state index contributed by atoms with van der Waals surface area (Å²) in [4.78, 5) is 33.3. The highest BCUT2D eigenvalue weighted by Crippen LogP contribution is 2.22. The number of carbonyl (C=O) groups is 2. The molecule has 0 unspecified atom stereocenters. The smallest absolute Gasteiger partial charge is 0.251 e. The first-order valence-corrected chi connectivity index (χ1v) is 9.59. The van der Waals surface area contributed by atoms with Crippen molar-refractivity contribution in [3.8, 4) is 0 Å². The number of fused-ring (bicyclic) bond motifs is 1. The lowest BCUT2D eigenvalue weighted by molar-refractivity contribution is -0.113. The van der Waals surface area contributed by atoms with Crippen molar-refractivity contribution in [1.82, 2.24) is 15.3 Å². The zero-order valence-corrected chi connectivity index (χ0v) is 16.0. The van der Waals surface area contributed by atoms with Gasteiger partial charge in [-0.15, -0.1) is 0 Å². The van der Waals surface area contributed by atoms with Crippen molar-refractivity contribution in [2.75, 3.05) is 17.6 Å². The van der Waals surface area contributed by atoms with Crippen molar-refractivity contribution in [3.63, 3.8) is 0 Å². The third kappa shape index (κ3) is 4.83. The Labute approximate surface area is 161 Å². The molecule has 6 nitrogen and oxygen atoms in total. The summed E-state index contributed by atoms with van der Waals surface area (Å²) in [5.74, 6) is -0.119. The number of para-hydroxylation sites is 2. The van der Waals surface area contributed by atoms with E-state index in [0.717, 1.165) is 21.8 Å². The molecule has 0 saturated carbocycles. The van der Waals surface area contributed by atoms with Gasteiger partial charge in [0.15, 0.2) is 0 Å². The second-order valence-electron chi connectivity index (χ2n) is 5.88.